The van der Waals surface area contributed by atoms with Gasteiger partial charge in [0.1, 0.15) is 0 Å². The fraction of sp³-hybridized carbons (Fsp3) is 1.00. The molecule has 0 heterocycles. The highest BCUT2D eigenvalue weighted by Gasteiger charge is 2.34. The van der Waals surface area contributed by atoms with E-state index in [1.807, 2.05) is 0 Å². The van der Waals surface area contributed by atoms with E-state index in [1.54, 1.807) is 0 Å². The second-order valence-corrected chi connectivity index (χ2v) is 17.4. The summed E-state index contributed by atoms with van der Waals surface area (Å²) in [6.07, 6.45) is 14.7. The predicted octanol–water partition coefficient (Wildman–Crippen LogP) is 4.79. The molecule has 0 amide bonds. The number of rotatable bonds is 6. The summed E-state index contributed by atoms with van der Waals surface area (Å²) >= 11 is 0. The van der Waals surface area contributed by atoms with Gasteiger partial charge < -0.3 is 9.13 Å². The van der Waals surface area contributed by atoms with Gasteiger partial charge in [0.2, 0.25) is 0 Å². The number of nitrogens with zero attached hydrogens (tertiary/aromatic N) is 2. The van der Waals surface area contributed by atoms with Crippen LogP contribution in [0.3, 0.4) is 0 Å². The Morgan fingerprint density at radius 3 is 1.19 bits per heavy atom. The normalized spacial score (nSPS) is 23.9. The highest BCUT2D eigenvalue weighted by atomic mass is 28.3. The molecule has 2 rings (SSSR count). The van der Waals surface area contributed by atoms with Crippen LogP contribution in [0.5, 0.6) is 0 Å². The molecule has 0 bridgehead atoms. The van der Waals surface area contributed by atoms with Crippen molar-refractivity contribution in [3.8, 4) is 0 Å². The highest BCUT2D eigenvalue weighted by Crippen LogP contribution is 2.31. The molecule has 0 spiro atoms. The van der Waals surface area contributed by atoms with E-state index in [1.165, 1.54) is 64.2 Å². The molecular formula is C22H48N2Si2. The van der Waals surface area contributed by atoms with Crippen LogP contribution in [0.25, 0.3) is 0 Å². The monoisotopic (exact) mass is 396 g/mol. The van der Waals surface area contributed by atoms with E-state index in [4.69, 9.17) is 0 Å². The second-order valence-electron chi connectivity index (χ2n) is 11.3. The SMILES string of the molecule is CC([SiH2]N(C1CCCCC1)C(C)(C)C)[SiH2]N(C1CCCCC1)C(C)(C)C. The van der Waals surface area contributed by atoms with Crippen molar-refractivity contribution < 1.29 is 0 Å². The molecule has 0 radical (unpaired) electrons. The first kappa shape index (κ1) is 22.6. The van der Waals surface area contributed by atoms with Crippen LogP contribution in [0.15, 0.2) is 0 Å². The Labute approximate surface area is 169 Å². The molecule has 4 heteroatoms. The molecule has 2 nitrogen and oxygen atoms in total. The molecule has 0 saturated heterocycles. The first-order valence-corrected chi connectivity index (χ1v) is 14.5. The summed E-state index contributed by atoms with van der Waals surface area (Å²) in [4.78, 5) is 0. The molecule has 0 aliphatic heterocycles. The van der Waals surface area contributed by atoms with Gasteiger partial charge in [0, 0.05) is 23.2 Å². The Kier molecular flexibility index (Phi) is 8.46. The summed E-state index contributed by atoms with van der Waals surface area (Å²) in [5.74, 6) is 0. The third-order valence-corrected chi connectivity index (χ3v) is 13.3. The van der Waals surface area contributed by atoms with Crippen LogP contribution in [0.2, 0.25) is 5.16 Å². The van der Waals surface area contributed by atoms with Gasteiger partial charge in [0.05, 0.1) is 19.4 Å². The molecule has 26 heavy (non-hydrogen) atoms. The third-order valence-electron chi connectivity index (χ3n) is 6.77. The minimum absolute atomic E-state index is 0.182. The van der Waals surface area contributed by atoms with E-state index in [9.17, 15) is 0 Å². The molecule has 2 aliphatic rings. The van der Waals surface area contributed by atoms with Crippen molar-refractivity contribution in [3.63, 3.8) is 0 Å². The topological polar surface area (TPSA) is 6.48 Å². The first-order chi connectivity index (χ1) is 12.1. The maximum Gasteiger partial charge on any atom is 0.0969 e. The standard InChI is InChI=1S/C22H48N2Si2/c1-18(25-23(21(2,3)4)19-14-10-8-11-15-19)26-24(22(5,6)7)20-16-12-9-13-17-20/h18-20H,8-17,25-26H2,1-7H3. The largest absolute Gasteiger partial charge is 0.322 e. The van der Waals surface area contributed by atoms with E-state index in [0.29, 0.717) is 11.1 Å². The van der Waals surface area contributed by atoms with E-state index in [0.717, 1.165) is 17.2 Å². The van der Waals surface area contributed by atoms with E-state index < -0.39 is 0 Å². The summed E-state index contributed by atoms with van der Waals surface area (Å²) in [6.45, 7) is 17.5. The minimum atomic E-state index is -0.182. The zero-order valence-electron chi connectivity index (χ0n) is 19.1. The van der Waals surface area contributed by atoms with Gasteiger partial charge >= 0.3 is 0 Å². The summed E-state index contributed by atoms with van der Waals surface area (Å²) in [5, 5.41) is 1.01. The Morgan fingerprint density at radius 1 is 0.615 bits per heavy atom. The fourth-order valence-electron chi connectivity index (χ4n) is 5.46. The second kappa shape index (κ2) is 9.71. The number of hydrogen-bond donors (Lipinski definition) is 0. The minimum Gasteiger partial charge on any atom is -0.322 e. The number of hydrogen-bond acceptors (Lipinski definition) is 2. The molecule has 0 unspecified atom stereocenters. The Bertz CT molecular complexity index is 363. The summed E-state index contributed by atoms with van der Waals surface area (Å²) in [7, 11) is -0.365. The van der Waals surface area contributed by atoms with Crippen LogP contribution < -0.4 is 0 Å². The zero-order chi connectivity index (χ0) is 19.4. The molecule has 2 aliphatic carbocycles. The summed E-state index contributed by atoms with van der Waals surface area (Å²) < 4.78 is 6.07. The molecule has 0 N–H and O–H groups in total. The van der Waals surface area contributed by atoms with Crippen molar-refractivity contribution in [1.29, 1.82) is 0 Å². The molecule has 0 atom stereocenters. The molecule has 2 saturated carbocycles. The van der Waals surface area contributed by atoms with Gasteiger partial charge in [-0.25, -0.2) is 0 Å². The smallest absolute Gasteiger partial charge is 0.0969 e. The van der Waals surface area contributed by atoms with Crippen LogP contribution in [0.1, 0.15) is 113 Å². The predicted molar refractivity (Wildman–Crippen MR) is 123 cm³/mol. The van der Waals surface area contributed by atoms with Crippen LogP contribution in [0, 0.1) is 0 Å². The lowest BCUT2D eigenvalue weighted by atomic mass is 9.93. The van der Waals surface area contributed by atoms with Crippen molar-refractivity contribution >= 4 is 19.4 Å². The van der Waals surface area contributed by atoms with Gasteiger partial charge in [0.15, 0.2) is 0 Å². The van der Waals surface area contributed by atoms with Crippen LogP contribution in [-0.4, -0.2) is 51.7 Å². The lowest BCUT2D eigenvalue weighted by Gasteiger charge is -2.48. The lowest BCUT2D eigenvalue weighted by molar-refractivity contribution is 0.149. The lowest BCUT2D eigenvalue weighted by Crippen LogP contribution is -2.56. The van der Waals surface area contributed by atoms with Crippen molar-refractivity contribution in [1.82, 2.24) is 9.13 Å². The van der Waals surface area contributed by atoms with Gasteiger partial charge in [-0.3, -0.25) is 0 Å². The van der Waals surface area contributed by atoms with Crippen molar-refractivity contribution in [2.75, 3.05) is 0 Å². The molecule has 0 aromatic rings. The third kappa shape index (κ3) is 6.75. The average molecular weight is 397 g/mol. The van der Waals surface area contributed by atoms with E-state index in [-0.39, 0.29) is 19.4 Å². The van der Waals surface area contributed by atoms with Crippen molar-refractivity contribution in [3.05, 3.63) is 0 Å². The van der Waals surface area contributed by atoms with E-state index in [2.05, 4.69) is 57.6 Å². The molecular weight excluding hydrogens is 348 g/mol. The van der Waals surface area contributed by atoms with Gasteiger partial charge in [-0.15, -0.1) is 0 Å². The van der Waals surface area contributed by atoms with Crippen LogP contribution in [0.4, 0.5) is 0 Å². The van der Waals surface area contributed by atoms with Crippen LogP contribution in [-0.2, 0) is 0 Å². The quantitative estimate of drug-likeness (QED) is 0.596. The van der Waals surface area contributed by atoms with Crippen molar-refractivity contribution in [2.45, 2.75) is 141 Å². The fourth-order valence-corrected chi connectivity index (χ4v) is 11.4. The zero-order valence-corrected chi connectivity index (χ0v) is 21.9. The summed E-state index contributed by atoms with van der Waals surface area (Å²) in [5.41, 5.74) is 0.739. The molecule has 0 aromatic carbocycles. The van der Waals surface area contributed by atoms with E-state index >= 15 is 0 Å². The molecule has 2 fully saturated rings. The Balaban J connectivity index is 2.02. The summed E-state index contributed by atoms with van der Waals surface area (Å²) in [6, 6.07) is 1.79. The van der Waals surface area contributed by atoms with Crippen molar-refractivity contribution in [2.24, 2.45) is 0 Å². The maximum atomic E-state index is 3.03. The Morgan fingerprint density at radius 2 is 0.923 bits per heavy atom. The first-order valence-electron chi connectivity index (χ1n) is 11.6. The van der Waals surface area contributed by atoms with Crippen LogP contribution >= 0.6 is 0 Å². The molecule has 154 valence electrons. The van der Waals surface area contributed by atoms with Gasteiger partial charge in [0.25, 0.3) is 0 Å². The Hall–Kier alpha value is 0.354. The maximum absolute atomic E-state index is 3.03. The van der Waals surface area contributed by atoms with Gasteiger partial charge in [-0.05, 0) is 72.4 Å². The molecule has 0 aromatic heterocycles. The van der Waals surface area contributed by atoms with Gasteiger partial charge in [-0.2, -0.15) is 0 Å². The van der Waals surface area contributed by atoms with Gasteiger partial charge in [-0.1, -0.05) is 45.4 Å². The average Bonchev–Trinajstić information content (AvgIpc) is 2.57. The highest BCUT2D eigenvalue weighted by molar-refractivity contribution is 6.56.